The molecule has 4 nitrogen and oxygen atoms in total. The Morgan fingerprint density at radius 2 is 1.51 bits per heavy atom. The van der Waals surface area contributed by atoms with Crippen molar-refractivity contribution in [2.75, 3.05) is 7.11 Å². The van der Waals surface area contributed by atoms with Gasteiger partial charge in [0.05, 0.1) is 23.7 Å². The summed E-state index contributed by atoms with van der Waals surface area (Å²) in [6, 6.07) is 32.9. The van der Waals surface area contributed by atoms with Gasteiger partial charge in [0.15, 0.2) is 0 Å². The van der Waals surface area contributed by atoms with Gasteiger partial charge < -0.3 is 4.74 Å². The van der Waals surface area contributed by atoms with Gasteiger partial charge in [0, 0.05) is 16.1 Å². The van der Waals surface area contributed by atoms with E-state index in [0.29, 0.717) is 21.7 Å². The molecule has 0 fully saturated rings. The zero-order valence-electron chi connectivity index (χ0n) is 22.6. The Morgan fingerprint density at radius 1 is 0.805 bits per heavy atom. The first-order valence-electron chi connectivity index (χ1n) is 13.1. The number of fused-ring (bicyclic) bond motifs is 2. The summed E-state index contributed by atoms with van der Waals surface area (Å²) in [5.74, 6) is 7.92. The van der Waals surface area contributed by atoms with E-state index in [0.717, 1.165) is 44.5 Å². The average molecular weight is 553 g/mol. The predicted octanol–water partition coefficient (Wildman–Crippen LogP) is 8.08. The molecule has 198 valence electrons. The van der Waals surface area contributed by atoms with Crippen molar-refractivity contribution in [3.8, 4) is 23.3 Å². The Balaban J connectivity index is 1.38. The summed E-state index contributed by atoms with van der Waals surface area (Å²) in [5, 5.41) is 3.44. The van der Waals surface area contributed by atoms with Crippen LogP contribution in [0.3, 0.4) is 0 Å². The molecule has 0 spiro atoms. The summed E-state index contributed by atoms with van der Waals surface area (Å²) >= 11 is 6.05. The molecule has 1 heterocycles. The Kier molecular flexibility index (Phi) is 7.12. The monoisotopic (exact) mass is 552 g/mol. The lowest BCUT2D eigenvalue weighted by Gasteiger charge is -2.14. The number of methoxy groups -OCH3 is 1. The van der Waals surface area contributed by atoms with Crippen LogP contribution in [0.5, 0.6) is 5.75 Å². The summed E-state index contributed by atoms with van der Waals surface area (Å²) in [6.07, 6.45) is 3.79. The maximum Gasteiger partial charge on any atom is 0.266 e. The summed E-state index contributed by atoms with van der Waals surface area (Å²) in [6.45, 7) is 1.98. The number of para-hydroxylation sites is 1. The number of aryl methyl sites for hydroxylation is 1. The van der Waals surface area contributed by atoms with E-state index in [4.69, 9.17) is 21.3 Å². The summed E-state index contributed by atoms with van der Waals surface area (Å²) < 4.78 is 6.99. The highest BCUT2D eigenvalue weighted by molar-refractivity contribution is 6.30. The lowest BCUT2D eigenvalue weighted by molar-refractivity contribution is 0.415. The van der Waals surface area contributed by atoms with Crippen molar-refractivity contribution in [3.05, 3.63) is 147 Å². The van der Waals surface area contributed by atoms with E-state index in [1.54, 1.807) is 11.7 Å². The van der Waals surface area contributed by atoms with Crippen LogP contribution in [0.15, 0.2) is 108 Å². The fourth-order valence-electron chi connectivity index (χ4n) is 4.80. The fourth-order valence-corrected chi connectivity index (χ4v) is 4.92. The SMILES string of the molecule is COc1ccc2cc(C#Cc3ccc(-n4c(C=Cc5ccc(Cl)cc5)nc5ccccc5c4=O)c(C)c3)ccc2c1. The zero-order valence-corrected chi connectivity index (χ0v) is 23.3. The molecule has 6 rings (SSSR count). The molecule has 0 saturated heterocycles. The molecule has 0 saturated carbocycles. The van der Waals surface area contributed by atoms with Crippen molar-refractivity contribution in [2.24, 2.45) is 0 Å². The van der Waals surface area contributed by atoms with Crippen LogP contribution < -0.4 is 10.3 Å². The molecule has 0 N–H and O–H groups in total. The molecular weight excluding hydrogens is 528 g/mol. The first-order valence-corrected chi connectivity index (χ1v) is 13.5. The molecular formula is C36H25ClN2O2. The maximum atomic E-state index is 13.7. The van der Waals surface area contributed by atoms with Gasteiger partial charge in [-0.25, -0.2) is 4.98 Å². The maximum absolute atomic E-state index is 13.7. The van der Waals surface area contributed by atoms with Crippen molar-refractivity contribution in [2.45, 2.75) is 6.92 Å². The van der Waals surface area contributed by atoms with Gasteiger partial charge in [-0.05, 0) is 102 Å². The van der Waals surface area contributed by atoms with Gasteiger partial charge >= 0.3 is 0 Å². The summed E-state index contributed by atoms with van der Waals surface area (Å²) in [7, 11) is 1.67. The molecule has 0 bridgehead atoms. The third-order valence-corrected chi connectivity index (χ3v) is 7.18. The highest BCUT2D eigenvalue weighted by Crippen LogP contribution is 2.23. The second-order valence-electron chi connectivity index (χ2n) is 9.69. The van der Waals surface area contributed by atoms with Gasteiger partial charge in [-0.2, -0.15) is 0 Å². The topological polar surface area (TPSA) is 44.1 Å². The Bertz CT molecular complexity index is 2080. The largest absolute Gasteiger partial charge is 0.497 e. The molecule has 5 aromatic carbocycles. The van der Waals surface area contributed by atoms with Crippen LogP contribution in [0.1, 0.15) is 28.1 Å². The van der Waals surface area contributed by atoms with Crippen LogP contribution >= 0.6 is 11.6 Å². The first-order chi connectivity index (χ1) is 20.0. The zero-order chi connectivity index (χ0) is 28.3. The van der Waals surface area contributed by atoms with E-state index in [-0.39, 0.29) is 5.56 Å². The molecule has 0 amide bonds. The van der Waals surface area contributed by atoms with Gasteiger partial charge in [-0.15, -0.1) is 0 Å². The molecule has 0 aliphatic carbocycles. The van der Waals surface area contributed by atoms with Crippen LogP contribution in [0.25, 0.3) is 39.5 Å². The number of rotatable bonds is 4. The number of benzene rings is 5. The van der Waals surface area contributed by atoms with Gasteiger partial charge in [-0.1, -0.05) is 65.9 Å². The molecule has 6 aromatic rings. The number of nitrogens with zero attached hydrogens (tertiary/aromatic N) is 2. The number of aromatic nitrogens is 2. The second kappa shape index (κ2) is 11.2. The standard InChI is InChI=1S/C36H25ClN2O2/c1-24-21-26(7-8-27-9-14-29-23-31(41-2)18-15-28(29)22-27)12-19-34(24)39-35(20-13-25-10-16-30(37)17-11-25)38-33-6-4-3-5-32(33)36(39)40/h3-6,9-23H,1-2H3. The van der Waals surface area contributed by atoms with E-state index in [1.165, 1.54) is 0 Å². The molecule has 41 heavy (non-hydrogen) atoms. The van der Waals surface area contributed by atoms with Crippen LogP contribution in [-0.4, -0.2) is 16.7 Å². The highest BCUT2D eigenvalue weighted by atomic mass is 35.5. The minimum Gasteiger partial charge on any atom is -0.497 e. The first kappa shape index (κ1) is 26.1. The third kappa shape index (κ3) is 5.49. The van der Waals surface area contributed by atoms with E-state index in [1.807, 2.05) is 110 Å². The lowest BCUT2D eigenvalue weighted by Crippen LogP contribution is -2.23. The molecule has 1 aromatic heterocycles. The average Bonchev–Trinajstić information content (AvgIpc) is 3.00. The van der Waals surface area contributed by atoms with Crippen molar-refractivity contribution >= 4 is 45.4 Å². The highest BCUT2D eigenvalue weighted by Gasteiger charge is 2.13. The van der Waals surface area contributed by atoms with Gasteiger partial charge in [-0.3, -0.25) is 9.36 Å². The van der Waals surface area contributed by atoms with Crippen LogP contribution in [0.2, 0.25) is 5.02 Å². The van der Waals surface area contributed by atoms with Crippen molar-refractivity contribution < 1.29 is 4.74 Å². The number of hydrogen-bond donors (Lipinski definition) is 0. The van der Waals surface area contributed by atoms with E-state index < -0.39 is 0 Å². The quantitative estimate of drug-likeness (QED) is 0.208. The van der Waals surface area contributed by atoms with Gasteiger partial charge in [0.2, 0.25) is 0 Å². The van der Waals surface area contributed by atoms with Crippen LogP contribution in [0, 0.1) is 18.8 Å². The van der Waals surface area contributed by atoms with Gasteiger partial charge in [0.25, 0.3) is 5.56 Å². The van der Waals surface area contributed by atoms with Gasteiger partial charge in [0.1, 0.15) is 11.6 Å². The van der Waals surface area contributed by atoms with E-state index >= 15 is 0 Å². The Morgan fingerprint density at radius 3 is 2.29 bits per heavy atom. The smallest absolute Gasteiger partial charge is 0.266 e. The van der Waals surface area contributed by atoms with Crippen molar-refractivity contribution in [1.29, 1.82) is 0 Å². The Labute approximate surface area is 243 Å². The van der Waals surface area contributed by atoms with Crippen LogP contribution in [-0.2, 0) is 0 Å². The van der Waals surface area contributed by atoms with Crippen molar-refractivity contribution in [3.63, 3.8) is 0 Å². The second-order valence-corrected chi connectivity index (χ2v) is 10.1. The summed E-state index contributed by atoms with van der Waals surface area (Å²) in [5.41, 5.74) is 4.95. The molecule has 0 radical (unpaired) electrons. The Hall–Kier alpha value is -5.11. The molecule has 0 unspecified atom stereocenters. The molecule has 5 heteroatoms. The number of ether oxygens (including phenoxy) is 1. The minimum atomic E-state index is -0.124. The summed E-state index contributed by atoms with van der Waals surface area (Å²) in [4.78, 5) is 18.6. The molecule has 0 atom stereocenters. The molecule has 0 aliphatic heterocycles. The minimum absolute atomic E-state index is 0.124. The normalized spacial score (nSPS) is 11.1. The lowest BCUT2D eigenvalue weighted by atomic mass is 10.1. The number of halogens is 1. The van der Waals surface area contributed by atoms with E-state index in [2.05, 4.69) is 24.0 Å². The third-order valence-electron chi connectivity index (χ3n) is 6.93. The van der Waals surface area contributed by atoms with Crippen LogP contribution in [0.4, 0.5) is 0 Å². The predicted molar refractivity (Wildman–Crippen MR) is 169 cm³/mol. The molecule has 0 aliphatic rings. The number of hydrogen-bond acceptors (Lipinski definition) is 3. The fraction of sp³-hybridized carbons (Fsp3) is 0.0556. The van der Waals surface area contributed by atoms with E-state index in [9.17, 15) is 4.79 Å². The van der Waals surface area contributed by atoms with Crippen molar-refractivity contribution in [1.82, 2.24) is 9.55 Å².